The molecule has 0 heterocycles. The van der Waals surface area contributed by atoms with Gasteiger partial charge in [-0.2, -0.15) is 0 Å². The van der Waals surface area contributed by atoms with Crippen molar-refractivity contribution in [3.8, 4) is 0 Å². The Kier molecular flexibility index (Phi) is 18.2. The van der Waals surface area contributed by atoms with E-state index in [0.717, 1.165) is 4.47 Å². The van der Waals surface area contributed by atoms with E-state index in [1.165, 1.54) is 89.9 Å². The number of hydrogen-bond acceptors (Lipinski definition) is 1. The first-order valence-corrected chi connectivity index (χ1v) is 10.8. The van der Waals surface area contributed by atoms with Crippen molar-refractivity contribution < 1.29 is 3.10 Å². The number of hydrogen-bond donors (Lipinski definition) is 0. The van der Waals surface area contributed by atoms with Crippen molar-refractivity contribution >= 4 is 20.9 Å². The fourth-order valence-corrected chi connectivity index (χ4v) is 3.27. The van der Waals surface area contributed by atoms with Crippen LogP contribution in [0.5, 0.6) is 0 Å². The SMILES string of the molecule is CCCCCCCCCCCCCCCC[Te]=O. The third-order valence-corrected chi connectivity index (χ3v) is 4.88. The monoisotopic (exact) mass is 371 g/mol. The molecule has 0 aromatic rings. The van der Waals surface area contributed by atoms with Gasteiger partial charge in [-0.05, 0) is 0 Å². The second-order valence-corrected chi connectivity index (χ2v) is 7.26. The minimum atomic E-state index is -0.832. The summed E-state index contributed by atoms with van der Waals surface area (Å²) in [6, 6.07) is 0. The molecule has 0 rings (SSSR count). The molecule has 0 aliphatic heterocycles. The Bertz CT molecular complexity index is 159. The van der Waals surface area contributed by atoms with Crippen LogP contribution in [0.1, 0.15) is 96.8 Å². The van der Waals surface area contributed by atoms with Gasteiger partial charge in [0.25, 0.3) is 0 Å². The van der Waals surface area contributed by atoms with Crippen molar-refractivity contribution in [1.29, 1.82) is 0 Å². The Balaban J connectivity index is 2.88. The molecule has 0 aromatic carbocycles. The molecule has 0 aliphatic rings. The van der Waals surface area contributed by atoms with Crippen LogP contribution in [0.2, 0.25) is 4.47 Å². The van der Waals surface area contributed by atoms with Crippen LogP contribution in [-0.2, 0) is 3.10 Å². The van der Waals surface area contributed by atoms with Crippen molar-refractivity contribution in [1.82, 2.24) is 0 Å². The first-order chi connectivity index (χ1) is 8.91. The molecule has 0 unspecified atom stereocenters. The van der Waals surface area contributed by atoms with E-state index < -0.39 is 20.9 Å². The minimum absolute atomic E-state index is 0.832. The van der Waals surface area contributed by atoms with Crippen molar-refractivity contribution in [2.45, 2.75) is 101 Å². The van der Waals surface area contributed by atoms with Gasteiger partial charge < -0.3 is 0 Å². The molecule has 0 amide bonds. The summed E-state index contributed by atoms with van der Waals surface area (Å²) in [6.07, 6.45) is 19.6. The van der Waals surface area contributed by atoms with Crippen molar-refractivity contribution in [2.75, 3.05) is 0 Å². The molecule has 109 valence electrons. The predicted octanol–water partition coefficient (Wildman–Crippen LogP) is 5.94. The first-order valence-electron chi connectivity index (χ1n) is 8.16. The molecule has 0 atom stereocenters. The Morgan fingerprint density at radius 2 is 0.889 bits per heavy atom. The molecule has 1 nitrogen and oxygen atoms in total. The summed E-state index contributed by atoms with van der Waals surface area (Å²) < 4.78 is 11.4. The summed E-state index contributed by atoms with van der Waals surface area (Å²) in [5.41, 5.74) is 0. The van der Waals surface area contributed by atoms with Gasteiger partial charge in [0.2, 0.25) is 0 Å². The van der Waals surface area contributed by atoms with Crippen LogP contribution in [0, 0.1) is 0 Å². The second-order valence-electron chi connectivity index (χ2n) is 5.42. The molecule has 1 radical (unpaired) electrons. The summed E-state index contributed by atoms with van der Waals surface area (Å²) in [5, 5.41) is 0. The van der Waals surface area contributed by atoms with Gasteiger partial charge in [-0.1, -0.05) is 26.2 Å². The zero-order valence-corrected chi connectivity index (χ0v) is 14.8. The fraction of sp³-hybridized carbons (Fsp3) is 1.00. The van der Waals surface area contributed by atoms with E-state index in [4.69, 9.17) is 0 Å². The molecule has 0 aromatic heterocycles. The molecule has 0 N–H and O–H groups in total. The average Bonchev–Trinajstić information content (AvgIpc) is 2.39. The third-order valence-electron chi connectivity index (χ3n) is 3.58. The van der Waals surface area contributed by atoms with E-state index >= 15 is 0 Å². The summed E-state index contributed by atoms with van der Waals surface area (Å²) in [4.78, 5) is 0. The van der Waals surface area contributed by atoms with Gasteiger partial charge in [0.05, 0.1) is 0 Å². The van der Waals surface area contributed by atoms with Crippen LogP contribution < -0.4 is 0 Å². The third kappa shape index (κ3) is 16.6. The maximum atomic E-state index is 10.4. The van der Waals surface area contributed by atoms with Gasteiger partial charge in [-0.25, -0.2) is 0 Å². The van der Waals surface area contributed by atoms with E-state index in [9.17, 15) is 3.10 Å². The Hall–Kier alpha value is 0.590. The van der Waals surface area contributed by atoms with E-state index in [-0.39, 0.29) is 0 Å². The van der Waals surface area contributed by atoms with Crippen LogP contribution in [0.15, 0.2) is 0 Å². The number of unbranched alkanes of at least 4 members (excludes halogenated alkanes) is 13. The molecule has 0 aliphatic carbocycles. The zero-order valence-electron chi connectivity index (χ0n) is 12.4. The molecular formula is C16H33OTe. The Morgan fingerprint density at radius 1 is 0.556 bits per heavy atom. The molecular weight excluding hydrogens is 336 g/mol. The van der Waals surface area contributed by atoms with Crippen molar-refractivity contribution in [3.63, 3.8) is 0 Å². The summed E-state index contributed by atoms with van der Waals surface area (Å²) in [5.74, 6) is 0. The summed E-state index contributed by atoms with van der Waals surface area (Å²) in [7, 11) is 0. The molecule has 2 heteroatoms. The van der Waals surface area contributed by atoms with Crippen LogP contribution >= 0.6 is 0 Å². The van der Waals surface area contributed by atoms with Crippen LogP contribution in [0.4, 0.5) is 0 Å². The Labute approximate surface area is 125 Å². The second kappa shape index (κ2) is 17.6. The van der Waals surface area contributed by atoms with Gasteiger partial charge in [0.1, 0.15) is 0 Å². The van der Waals surface area contributed by atoms with Crippen LogP contribution in [0.25, 0.3) is 0 Å². The molecule has 0 fully saturated rings. The zero-order chi connectivity index (χ0) is 13.3. The van der Waals surface area contributed by atoms with Gasteiger partial charge in [-0.15, -0.1) is 0 Å². The van der Waals surface area contributed by atoms with Crippen LogP contribution in [-0.4, -0.2) is 20.9 Å². The average molecular weight is 369 g/mol. The van der Waals surface area contributed by atoms with Crippen molar-refractivity contribution in [3.05, 3.63) is 0 Å². The van der Waals surface area contributed by atoms with E-state index in [1.54, 1.807) is 0 Å². The van der Waals surface area contributed by atoms with Gasteiger partial charge in [0, 0.05) is 0 Å². The van der Waals surface area contributed by atoms with Gasteiger partial charge >= 0.3 is 99.1 Å². The molecule has 0 spiro atoms. The predicted molar refractivity (Wildman–Crippen MR) is 81.6 cm³/mol. The summed E-state index contributed by atoms with van der Waals surface area (Å²) in [6.45, 7) is 2.28. The topological polar surface area (TPSA) is 17.1 Å². The quantitative estimate of drug-likeness (QED) is 0.258. The van der Waals surface area contributed by atoms with Gasteiger partial charge in [-0.3, -0.25) is 0 Å². The van der Waals surface area contributed by atoms with Crippen LogP contribution in [0.3, 0.4) is 0 Å². The molecule has 0 saturated carbocycles. The first kappa shape index (κ1) is 18.6. The number of rotatable bonds is 15. The van der Waals surface area contributed by atoms with Crippen molar-refractivity contribution in [2.24, 2.45) is 0 Å². The maximum absolute atomic E-state index is 10.4. The Morgan fingerprint density at radius 3 is 1.22 bits per heavy atom. The summed E-state index contributed by atoms with van der Waals surface area (Å²) >= 11 is -0.832. The van der Waals surface area contributed by atoms with Gasteiger partial charge in [0.15, 0.2) is 0 Å². The normalized spacial score (nSPS) is 10.7. The standard InChI is InChI=1S/C16H33OTe/c1-2-3-4-5-6-7-8-9-10-11-12-13-14-15-16-18-17/h2-16H2,1H3. The molecule has 0 saturated heterocycles. The molecule has 0 bridgehead atoms. The fourth-order valence-electron chi connectivity index (χ4n) is 2.36. The van der Waals surface area contributed by atoms with E-state index in [1.807, 2.05) is 0 Å². The molecule has 18 heavy (non-hydrogen) atoms. The van der Waals surface area contributed by atoms with E-state index in [2.05, 4.69) is 6.92 Å². The van der Waals surface area contributed by atoms with E-state index in [0.29, 0.717) is 0 Å².